The molecule has 11 heteroatoms. The molecule has 3 rings (SSSR count). The highest BCUT2D eigenvalue weighted by Crippen LogP contribution is 2.31. The molecule has 1 N–H and O–H groups in total. The van der Waals surface area contributed by atoms with Gasteiger partial charge in [0.2, 0.25) is 15.9 Å². The third kappa shape index (κ3) is 6.12. The molecule has 0 aliphatic carbocycles. The molecule has 0 spiro atoms. The molecule has 0 aromatic heterocycles. The maximum Gasteiger partial charge on any atom is 0.416 e. The van der Waals surface area contributed by atoms with Gasteiger partial charge in [0.15, 0.2) is 0 Å². The second-order valence-electron chi connectivity index (χ2n) is 7.27. The molecule has 0 saturated carbocycles. The number of piperidine rings is 1. The minimum Gasteiger partial charge on any atom is -0.326 e. The van der Waals surface area contributed by atoms with Gasteiger partial charge >= 0.3 is 6.18 Å². The fourth-order valence-electron chi connectivity index (χ4n) is 3.36. The Hall–Kier alpha value is -1.81. The average molecular weight is 495 g/mol. The van der Waals surface area contributed by atoms with Crippen molar-refractivity contribution in [2.45, 2.75) is 24.8 Å². The fourth-order valence-corrected chi connectivity index (χ4v) is 5.28. The van der Waals surface area contributed by atoms with Crippen molar-refractivity contribution in [3.05, 3.63) is 63.6 Å². The van der Waals surface area contributed by atoms with Gasteiger partial charge in [0.05, 0.1) is 27.3 Å². The number of anilines is 1. The Bertz CT molecular complexity index is 1080. The second kappa shape index (κ2) is 9.36. The van der Waals surface area contributed by atoms with Crippen LogP contribution in [0.25, 0.3) is 0 Å². The molecule has 1 amide bonds. The fraction of sp³-hybridized carbons (Fsp3) is 0.350. The topological polar surface area (TPSA) is 66.5 Å². The molecule has 0 bridgehead atoms. The van der Waals surface area contributed by atoms with Crippen molar-refractivity contribution < 1.29 is 26.4 Å². The number of sulfonamides is 1. The number of carbonyl (C=O) groups is 1. The monoisotopic (exact) mass is 494 g/mol. The molecular weight excluding hydrogens is 476 g/mol. The van der Waals surface area contributed by atoms with E-state index < -0.39 is 33.6 Å². The van der Waals surface area contributed by atoms with Crippen LogP contribution in [0, 0.1) is 5.92 Å². The van der Waals surface area contributed by atoms with E-state index in [1.807, 2.05) is 0 Å². The first-order valence-electron chi connectivity index (χ1n) is 9.35. The van der Waals surface area contributed by atoms with Crippen molar-refractivity contribution in [2.75, 3.05) is 18.4 Å². The van der Waals surface area contributed by atoms with Crippen LogP contribution in [0.15, 0.2) is 42.5 Å². The zero-order chi connectivity index (χ0) is 22.8. The number of nitrogens with zero attached hydrogens (tertiary/aromatic N) is 1. The SMILES string of the molecule is O=C(Nc1cccc(C(F)(F)F)c1)C1CCCN(S(=O)(=O)Cc2ccc(Cl)c(Cl)c2)C1. The zero-order valence-corrected chi connectivity index (χ0v) is 18.5. The summed E-state index contributed by atoms with van der Waals surface area (Å²) in [6.45, 7) is 0.214. The average Bonchev–Trinajstić information content (AvgIpc) is 2.70. The van der Waals surface area contributed by atoms with E-state index in [-0.39, 0.29) is 29.6 Å². The van der Waals surface area contributed by atoms with Crippen molar-refractivity contribution in [1.29, 1.82) is 0 Å². The summed E-state index contributed by atoms with van der Waals surface area (Å²) in [5, 5.41) is 3.02. The number of nitrogens with one attached hydrogen (secondary N) is 1. The lowest BCUT2D eigenvalue weighted by Crippen LogP contribution is -2.44. The molecule has 1 saturated heterocycles. The molecule has 5 nitrogen and oxygen atoms in total. The van der Waals surface area contributed by atoms with E-state index in [0.717, 1.165) is 12.1 Å². The molecule has 1 heterocycles. The van der Waals surface area contributed by atoms with E-state index in [1.54, 1.807) is 6.07 Å². The Morgan fingerprint density at radius 2 is 1.87 bits per heavy atom. The number of hydrogen-bond acceptors (Lipinski definition) is 3. The van der Waals surface area contributed by atoms with Gasteiger partial charge in [-0.15, -0.1) is 0 Å². The van der Waals surface area contributed by atoms with Crippen LogP contribution < -0.4 is 5.32 Å². The molecule has 168 valence electrons. The van der Waals surface area contributed by atoms with Crippen molar-refractivity contribution in [2.24, 2.45) is 5.92 Å². The Morgan fingerprint density at radius 1 is 1.13 bits per heavy atom. The Kier molecular flexibility index (Phi) is 7.20. The lowest BCUT2D eigenvalue weighted by molar-refractivity contribution is -0.137. The van der Waals surface area contributed by atoms with Gasteiger partial charge in [0.1, 0.15) is 0 Å². The summed E-state index contributed by atoms with van der Waals surface area (Å²) in [6.07, 6.45) is -3.63. The Labute approximate surface area is 188 Å². The van der Waals surface area contributed by atoms with Gasteiger partial charge in [-0.25, -0.2) is 12.7 Å². The summed E-state index contributed by atoms with van der Waals surface area (Å²) < 4.78 is 65.5. The minimum atomic E-state index is -4.53. The van der Waals surface area contributed by atoms with Crippen LogP contribution in [0.2, 0.25) is 10.0 Å². The van der Waals surface area contributed by atoms with Gasteiger partial charge in [-0.2, -0.15) is 13.2 Å². The van der Waals surface area contributed by atoms with Gasteiger partial charge < -0.3 is 5.32 Å². The smallest absolute Gasteiger partial charge is 0.326 e. The highest BCUT2D eigenvalue weighted by atomic mass is 35.5. The summed E-state index contributed by atoms with van der Waals surface area (Å²) in [5.74, 6) is -1.49. The largest absolute Gasteiger partial charge is 0.416 e. The maximum atomic E-state index is 12.9. The summed E-state index contributed by atoms with van der Waals surface area (Å²) in [7, 11) is -3.73. The molecular formula is C20H19Cl2F3N2O3S. The van der Waals surface area contributed by atoms with Gasteiger partial charge in [-0.3, -0.25) is 4.79 Å². The number of benzene rings is 2. The maximum absolute atomic E-state index is 12.9. The molecule has 1 aliphatic heterocycles. The van der Waals surface area contributed by atoms with E-state index in [1.165, 1.54) is 28.6 Å². The van der Waals surface area contributed by atoms with Crippen molar-refractivity contribution >= 4 is 44.8 Å². The summed E-state index contributed by atoms with van der Waals surface area (Å²) >= 11 is 11.8. The molecule has 31 heavy (non-hydrogen) atoms. The van der Waals surface area contributed by atoms with Gasteiger partial charge in [-0.1, -0.05) is 35.3 Å². The first-order chi connectivity index (χ1) is 14.5. The summed E-state index contributed by atoms with van der Waals surface area (Å²) in [5.41, 5.74) is -0.402. The highest BCUT2D eigenvalue weighted by Gasteiger charge is 2.33. The molecule has 1 fully saturated rings. The molecule has 1 atom stereocenters. The predicted octanol–water partition coefficient (Wildman–Crippen LogP) is 5.19. The molecule has 2 aromatic rings. The van der Waals surface area contributed by atoms with E-state index in [9.17, 15) is 26.4 Å². The van der Waals surface area contributed by atoms with Gasteiger partial charge in [0.25, 0.3) is 0 Å². The number of alkyl halides is 3. The summed E-state index contributed by atoms with van der Waals surface area (Å²) in [6, 6.07) is 8.86. The number of carbonyl (C=O) groups excluding carboxylic acids is 1. The van der Waals surface area contributed by atoms with E-state index in [0.29, 0.717) is 23.4 Å². The second-order valence-corrected chi connectivity index (χ2v) is 10.1. The third-order valence-corrected chi connectivity index (χ3v) is 7.49. The summed E-state index contributed by atoms with van der Waals surface area (Å²) in [4.78, 5) is 12.6. The number of amides is 1. The lowest BCUT2D eigenvalue weighted by Gasteiger charge is -2.31. The zero-order valence-electron chi connectivity index (χ0n) is 16.1. The van der Waals surface area contributed by atoms with Crippen LogP contribution in [-0.2, 0) is 26.7 Å². The van der Waals surface area contributed by atoms with E-state index in [4.69, 9.17) is 23.2 Å². The van der Waals surface area contributed by atoms with Crippen LogP contribution in [0.5, 0.6) is 0 Å². The van der Waals surface area contributed by atoms with Crippen LogP contribution in [0.1, 0.15) is 24.0 Å². The quantitative estimate of drug-likeness (QED) is 0.621. The third-order valence-electron chi connectivity index (χ3n) is 4.94. The van der Waals surface area contributed by atoms with Crippen LogP contribution >= 0.6 is 23.2 Å². The van der Waals surface area contributed by atoms with Crippen LogP contribution in [0.3, 0.4) is 0 Å². The number of rotatable bonds is 5. The normalized spacial score (nSPS) is 18.0. The minimum absolute atomic E-state index is 0.00983. The van der Waals surface area contributed by atoms with Crippen LogP contribution in [0.4, 0.5) is 18.9 Å². The molecule has 1 aliphatic rings. The first-order valence-corrected chi connectivity index (χ1v) is 11.7. The van der Waals surface area contributed by atoms with E-state index >= 15 is 0 Å². The molecule has 1 unspecified atom stereocenters. The first kappa shape index (κ1) is 23.8. The van der Waals surface area contributed by atoms with Crippen molar-refractivity contribution in [3.8, 4) is 0 Å². The van der Waals surface area contributed by atoms with Crippen molar-refractivity contribution in [3.63, 3.8) is 0 Å². The standard InChI is InChI=1S/C20H19Cl2F3N2O3S/c21-17-7-6-13(9-18(17)22)12-31(29,30)27-8-2-3-14(11-27)19(28)26-16-5-1-4-15(10-16)20(23,24)25/h1,4-7,9-10,14H,2-3,8,11-12H2,(H,26,28). The van der Waals surface area contributed by atoms with E-state index in [2.05, 4.69) is 5.32 Å². The van der Waals surface area contributed by atoms with Crippen LogP contribution in [-0.4, -0.2) is 31.7 Å². The van der Waals surface area contributed by atoms with Gasteiger partial charge in [0, 0.05) is 18.8 Å². The van der Waals surface area contributed by atoms with Crippen molar-refractivity contribution in [1.82, 2.24) is 4.31 Å². The van der Waals surface area contributed by atoms with Gasteiger partial charge in [-0.05, 0) is 48.7 Å². The highest BCUT2D eigenvalue weighted by molar-refractivity contribution is 7.88. The predicted molar refractivity (Wildman–Crippen MR) is 113 cm³/mol. The molecule has 2 aromatic carbocycles. The number of hydrogen-bond donors (Lipinski definition) is 1. The Morgan fingerprint density at radius 3 is 2.55 bits per heavy atom. The number of halogens is 5. The Balaban J connectivity index is 1.68. The lowest BCUT2D eigenvalue weighted by atomic mass is 9.98. The molecule has 0 radical (unpaired) electrons.